The molecule has 0 spiro atoms. The molecule has 1 saturated heterocycles. The van der Waals surface area contributed by atoms with Gasteiger partial charge in [0.05, 0.1) is 18.8 Å². The Hall–Kier alpha value is -2.39. The molecule has 3 heterocycles. The number of unbranched alkanes of at least 4 members (excludes halogenated alkanes) is 1. The molecule has 1 fully saturated rings. The van der Waals surface area contributed by atoms with Crippen LogP contribution < -0.4 is 0 Å². The molecular weight excluding hydrogens is 491 g/mol. The maximum absolute atomic E-state index is 15.9. The minimum atomic E-state index is -1.95. The van der Waals surface area contributed by atoms with Gasteiger partial charge in [0.2, 0.25) is 0 Å². The summed E-state index contributed by atoms with van der Waals surface area (Å²) < 4.78 is 46.9. The van der Waals surface area contributed by atoms with Gasteiger partial charge in [-0.15, -0.1) is 0 Å². The summed E-state index contributed by atoms with van der Waals surface area (Å²) in [5.41, 5.74) is 0.548. The number of hydrogen-bond acceptors (Lipinski definition) is 4. The van der Waals surface area contributed by atoms with Gasteiger partial charge in [-0.05, 0) is 62.6 Å². The second-order valence-corrected chi connectivity index (χ2v) is 11.5. The van der Waals surface area contributed by atoms with Crippen molar-refractivity contribution in [3.8, 4) is 0 Å². The molecule has 8 heteroatoms. The first-order chi connectivity index (χ1) is 18.1. The molecule has 5 nitrogen and oxygen atoms in total. The molecule has 0 aliphatic carbocycles. The van der Waals surface area contributed by atoms with E-state index in [1.165, 1.54) is 19.1 Å². The van der Waals surface area contributed by atoms with Crippen LogP contribution in [0.1, 0.15) is 68.1 Å². The summed E-state index contributed by atoms with van der Waals surface area (Å²) >= 11 is 0. The first-order valence-electron chi connectivity index (χ1n) is 13.7. The minimum Gasteiger partial charge on any atom is -0.393 e. The number of alkyl halides is 1. The zero-order valence-electron chi connectivity index (χ0n) is 22.4. The van der Waals surface area contributed by atoms with E-state index < -0.39 is 36.1 Å². The third kappa shape index (κ3) is 4.99. The summed E-state index contributed by atoms with van der Waals surface area (Å²) in [4.78, 5) is 7.34. The number of hydrogen-bond donors (Lipinski definition) is 3. The summed E-state index contributed by atoms with van der Waals surface area (Å²) in [7, 11) is 0. The third-order valence-corrected chi connectivity index (χ3v) is 8.34. The average Bonchev–Trinajstić information content (AvgIpc) is 3.22. The number of nitrogens with one attached hydrogen (secondary N) is 1. The van der Waals surface area contributed by atoms with Crippen LogP contribution in [0, 0.1) is 17.6 Å². The lowest BCUT2D eigenvalue weighted by molar-refractivity contribution is -0.00589. The molecule has 206 valence electrons. The standard InChI is InChI=1S/C30H38F3N3O2/c1-4-5-10-35-14-20(15-35)29(38)19-12-23(31)26(24(32)13-19)28-27-22(21-8-6-7-9-25(21)34-27)11-18(2)36(28)16-30(3,33)17-37/h6-9,12-13,18,20,28-29,34,37-38H,4-5,10-11,14-17H2,1-3H3/t18-,28-,29?,30+/m1/s1. The Labute approximate surface area is 222 Å². The van der Waals surface area contributed by atoms with Crippen LogP contribution in [-0.4, -0.2) is 69.5 Å². The molecule has 2 aliphatic heterocycles. The maximum Gasteiger partial charge on any atom is 0.143 e. The predicted octanol–water partition coefficient (Wildman–Crippen LogP) is 5.27. The highest BCUT2D eigenvalue weighted by Crippen LogP contribution is 2.44. The number of H-pyrrole nitrogens is 1. The molecule has 2 aromatic carbocycles. The van der Waals surface area contributed by atoms with E-state index in [1.807, 2.05) is 31.2 Å². The first kappa shape index (κ1) is 27.2. The Bertz CT molecular complexity index is 1260. The van der Waals surface area contributed by atoms with Crippen molar-refractivity contribution < 1.29 is 23.4 Å². The van der Waals surface area contributed by atoms with Crippen molar-refractivity contribution in [2.75, 3.05) is 32.8 Å². The Morgan fingerprint density at radius 1 is 1.16 bits per heavy atom. The smallest absolute Gasteiger partial charge is 0.143 e. The van der Waals surface area contributed by atoms with E-state index in [0.29, 0.717) is 25.2 Å². The van der Waals surface area contributed by atoms with E-state index in [1.54, 1.807) is 4.90 Å². The normalized spacial score (nSPS) is 23.3. The average molecular weight is 530 g/mol. The van der Waals surface area contributed by atoms with Crippen LogP contribution in [0.5, 0.6) is 0 Å². The lowest BCUT2D eigenvalue weighted by Gasteiger charge is -2.43. The van der Waals surface area contributed by atoms with Gasteiger partial charge in [0.15, 0.2) is 0 Å². The summed E-state index contributed by atoms with van der Waals surface area (Å²) in [5, 5.41) is 21.5. The molecular formula is C30H38F3N3O2. The third-order valence-electron chi connectivity index (χ3n) is 8.34. The van der Waals surface area contributed by atoms with Crippen LogP contribution >= 0.6 is 0 Å². The SMILES string of the molecule is CCCCN1CC(C(O)c2cc(F)c([C@@H]3c4[nH]c5ccccc5c4C[C@@H](C)N3C[C@](C)(F)CO)c(F)c2)C1. The molecule has 0 radical (unpaired) electrons. The Morgan fingerprint density at radius 2 is 1.84 bits per heavy atom. The number of rotatable bonds is 9. The molecule has 0 bridgehead atoms. The van der Waals surface area contributed by atoms with Crippen LogP contribution in [0.25, 0.3) is 10.9 Å². The van der Waals surface area contributed by atoms with Crippen LogP contribution in [0.2, 0.25) is 0 Å². The van der Waals surface area contributed by atoms with E-state index >= 15 is 13.2 Å². The number of para-hydroxylation sites is 1. The van der Waals surface area contributed by atoms with Crippen LogP contribution in [0.15, 0.2) is 36.4 Å². The van der Waals surface area contributed by atoms with Gasteiger partial charge < -0.3 is 20.1 Å². The number of aromatic amines is 1. The van der Waals surface area contributed by atoms with Crippen LogP contribution in [0.3, 0.4) is 0 Å². The number of fused-ring (bicyclic) bond motifs is 3. The Balaban J connectivity index is 1.53. The monoisotopic (exact) mass is 529 g/mol. The number of aromatic nitrogens is 1. The second kappa shape index (κ2) is 10.6. The summed E-state index contributed by atoms with van der Waals surface area (Å²) in [6.45, 7) is 6.82. The molecule has 3 aromatic rings. The van der Waals surface area contributed by atoms with Crippen molar-refractivity contribution in [1.29, 1.82) is 0 Å². The Morgan fingerprint density at radius 3 is 2.50 bits per heavy atom. The largest absolute Gasteiger partial charge is 0.393 e. The van der Waals surface area contributed by atoms with Crippen LogP contribution in [0.4, 0.5) is 13.2 Å². The van der Waals surface area contributed by atoms with Crippen molar-refractivity contribution in [3.63, 3.8) is 0 Å². The Kier molecular flexibility index (Phi) is 7.61. The van der Waals surface area contributed by atoms with Gasteiger partial charge >= 0.3 is 0 Å². The highest BCUT2D eigenvalue weighted by Gasteiger charge is 2.42. The van der Waals surface area contributed by atoms with Crippen molar-refractivity contribution in [1.82, 2.24) is 14.8 Å². The number of nitrogens with zero attached hydrogens (tertiary/aromatic N) is 2. The number of halogens is 3. The van der Waals surface area contributed by atoms with Crippen molar-refractivity contribution in [2.24, 2.45) is 5.92 Å². The van der Waals surface area contributed by atoms with Gasteiger partial charge in [0.1, 0.15) is 17.3 Å². The first-order valence-corrected chi connectivity index (χ1v) is 13.7. The molecule has 3 N–H and O–H groups in total. The van der Waals surface area contributed by atoms with Gasteiger partial charge in [-0.25, -0.2) is 13.2 Å². The van der Waals surface area contributed by atoms with Gasteiger partial charge in [0, 0.05) is 53.8 Å². The van der Waals surface area contributed by atoms with Gasteiger partial charge in [-0.2, -0.15) is 0 Å². The summed E-state index contributed by atoms with van der Waals surface area (Å²) in [6.07, 6.45) is 1.80. The molecule has 38 heavy (non-hydrogen) atoms. The molecule has 0 amide bonds. The summed E-state index contributed by atoms with van der Waals surface area (Å²) in [6, 6.07) is 9.03. The number of benzene rings is 2. The highest BCUT2D eigenvalue weighted by molar-refractivity contribution is 5.85. The summed E-state index contributed by atoms with van der Waals surface area (Å²) in [5.74, 6) is -1.60. The molecule has 1 unspecified atom stereocenters. The number of likely N-dealkylation sites (tertiary alicyclic amines) is 1. The van der Waals surface area contributed by atoms with Crippen LogP contribution in [-0.2, 0) is 6.42 Å². The molecule has 0 saturated carbocycles. The number of aliphatic hydroxyl groups is 2. The van der Waals surface area contributed by atoms with E-state index in [0.717, 1.165) is 35.9 Å². The minimum absolute atomic E-state index is 0.0696. The van der Waals surface area contributed by atoms with Crippen molar-refractivity contribution in [2.45, 2.75) is 63.9 Å². The topological polar surface area (TPSA) is 62.7 Å². The molecule has 4 atom stereocenters. The quantitative estimate of drug-likeness (QED) is 0.354. The zero-order chi connectivity index (χ0) is 27.2. The molecule has 5 rings (SSSR count). The molecule has 2 aliphatic rings. The van der Waals surface area contributed by atoms with E-state index in [-0.39, 0.29) is 29.6 Å². The zero-order valence-corrected chi connectivity index (χ0v) is 22.4. The fourth-order valence-electron chi connectivity index (χ4n) is 6.18. The lowest BCUT2D eigenvalue weighted by Crippen LogP contribution is -2.50. The van der Waals surface area contributed by atoms with Crippen molar-refractivity contribution >= 4 is 10.9 Å². The maximum atomic E-state index is 15.9. The van der Waals surface area contributed by atoms with Gasteiger partial charge in [0.25, 0.3) is 0 Å². The second-order valence-electron chi connectivity index (χ2n) is 11.5. The van der Waals surface area contributed by atoms with Gasteiger partial charge in [-0.1, -0.05) is 31.5 Å². The lowest BCUT2D eigenvalue weighted by atomic mass is 9.85. The van der Waals surface area contributed by atoms with E-state index in [2.05, 4.69) is 16.8 Å². The van der Waals surface area contributed by atoms with Gasteiger partial charge in [-0.3, -0.25) is 4.90 Å². The van der Waals surface area contributed by atoms with E-state index in [4.69, 9.17) is 0 Å². The van der Waals surface area contributed by atoms with Crippen molar-refractivity contribution in [3.05, 3.63) is 70.4 Å². The predicted molar refractivity (Wildman–Crippen MR) is 143 cm³/mol. The van der Waals surface area contributed by atoms with E-state index in [9.17, 15) is 10.2 Å². The highest BCUT2D eigenvalue weighted by atomic mass is 19.1. The number of aliphatic hydroxyl groups excluding tert-OH is 2. The molecule has 1 aromatic heterocycles. The fraction of sp³-hybridized carbons (Fsp3) is 0.533. The fourth-order valence-corrected chi connectivity index (χ4v) is 6.18.